The van der Waals surface area contributed by atoms with Crippen LogP contribution >= 0.6 is 0 Å². The molecule has 3 aromatic rings. The van der Waals surface area contributed by atoms with Gasteiger partial charge in [-0.3, -0.25) is 4.79 Å². The molecule has 1 saturated carbocycles. The molecule has 1 aliphatic rings. The van der Waals surface area contributed by atoms with E-state index in [2.05, 4.69) is 5.32 Å². The Kier molecular flexibility index (Phi) is 7.52. The van der Waals surface area contributed by atoms with Crippen LogP contribution in [-0.4, -0.2) is 43.8 Å². The van der Waals surface area contributed by atoms with Gasteiger partial charge < -0.3 is 10.1 Å². The monoisotopic (exact) mass is 494 g/mol. The molecule has 0 spiro atoms. The first-order chi connectivity index (χ1) is 16.8. The van der Waals surface area contributed by atoms with Crippen molar-refractivity contribution in [2.75, 3.05) is 12.4 Å². The van der Waals surface area contributed by atoms with E-state index in [-0.39, 0.29) is 16.5 Å². The average molecular weight is 495 g/mol. The van der Waals surface area contributed by atoms with Gasteiger partial charge in [0.1, 0.15) is 0 Å². The predicted molar refractivity (Wildman–Crippen MR) is 136 cm³/mol. The lowest BCUT2D eigenvalue weighted by molar-refractivity contribution is -0.123. The van der Waals surface area contributed by atoms with E-state index in [9.17, 15) is 18.0 Å². The lowest BCUT2D eigenvalue weighted by Crippen LogP contribution is -2.38. The highest BCUT2D eigenvalue weighted by molar-refractivity contribution is 7.89. The number of amides is 1. The molecule has 3 aromatic carbocycles. The second-order valence-corrected chi connectivity index (χ2v) is 10.9. The second-order valence-electron chi connectivity index (χ2n) is 8.94. The molecule has 0 saturated heterocycles. The normalized spacial score (nSPS) is 15.6. The van der Waals surface area contributed by atoms with E-state index in [0.29, 0.717) is 5.69 Å². The molecule has 0 aliphatic heterocycles. The van der Waals surface area contributed by atoms with Gasteiger partial charge >= 0.3 is 5.97 Å². The fourth-order valence-electron chi connectivity index (χ4n) is 4.38. The summed E-state index contributed by atoms with van der Waals surface area (Å²) in [5.41, 5.74) is 0.670. The summed E-state index contributed by atoms with van der Waals surface area (Å²) in [4.78, 5) is 25.4. The third kappa shape index (κ3) is 5.71. The second kappa shape index (κ2) is 10.6. The Hall–Kier alpha value is -3.23. The van der Waals surface area contributed by atoms with Crippen LogP contribution in [0, 0.1) is 0 Å². The Morgan fingerprint density at radius 3 is 2.40 bits per heavy atom. The first-order valence-corrected chi connectivity index (χ1v) is 13.3. The number of sulfonamides is 1. The molecule has 0 heterocycles. The molecule has 4 rings (SSSR count). The molecule has 0 radical (unpaired) electrons. The van der Waals surface area contributed by atoms with Crippen LogP contribution in [0.1, 0.15) is 49.4 Å². The molecular formula is C27H30N2O5S. The summed E-state index contributed by atoms with van der Waals surface area (Å²) < 4.78 is 33.0. The molecule has 184 valence electrons. The fourth-order valence-corrected chi connectivity index (χ4v) is 5.85. The van der Waals surface area contributed by atoms with Gasteiger partial charge in [0.25, 0.3) is 5.91 Å². The summed E-state index contributed by atoms with van der Waals surface area (Å²) in [6, 6.07) is 19.1. The highest BCUT2D eigenvalue weighted by atomic mass is 32.2. The Labute approximate surface area is 206 Å². The van der Waals surface area contributed by atoms with Crippen molar-refractivity contribution in [1.82, 2.24) is 4.31 Å². The minimum atomic E-state index is -3.75. The summed E-state index contributed by atoms with van der Waals surface area (Å²) in [6.45, 7) is 1.48. The van der Waals surface area contributed by atoms with Gasteiger partial charge in [0.15, 0.2) is 6.10 Å². The minimum absolute atomic E-state index is 0.0355. The quantitative estimate of drug-likeness (QED) is 0.468. The van der Waals surface area contributed by atoms with Gasteiger partial charge in [0.05, 0.1) is 10.5 Å². The predicted octanol–water partition coefficient (Wildman–Crippen LogP) is 4.98. The van der Waals surface area contributed by atoms with Crippen molar-refractivity contribution in [3.8, 4) is 0 Å². The highest BCUT2D eigenvalue weighted by Crippen LogP contribution is 2.27. The van der Waals surface area contributed by atoms with Gasteiger partial charge in [0.2, 0.25) is 10.0 Å². The van der Waals surface area contributed by atoms with Gasteiger partial charge in [-0.25, -0.2) is 13.2 Å². The number of carbonyl (C=O) groups excluding carboxylic acids is 2. The lowest BCUT2D eigenvalue weighted by atomic mass is 9.96. The molecule has 35 heavy (non-hydrogen) atoms. The number of fused-ring (bicyclic) bond motifs is 1. The van der Waals surface area contributed by atoms with Crippen LogP contribution in [0.15, 0.2) is 71.6 Å². The molecule has 1 N–H and O–H groups in total. The van der Waals surface area contributed by atoms with E-state index in [1.165, 1.54) is 35.5 Å². The molecule has 1 atom stereocenters. The Bertz CT molecular complexity index is 1330. The number of anilines is 1. The van der Waals surface area contributed by atoms with E-state index in [4.69, 9.17) is 4.74 Å². The minimum Gasteiger partial charge on any atom is -0.449 e. The van der Waals surface area contributed by atoms with Crippen LogP contribution in [0.3, 0.4) is 0 Å². The lowest BCUT2D eigenvalue weighted by Gasteiger charge is -2.30. The van der Waals surface area contributed by atoms with Crippen LogP contribution in [0.5, 0.6) is 0 Å². The van der Waals surface area contributed by atoms with Crippen molar-refractivity contribution in [1.29, 1.82) is 0 Å². The summed E-state index contributed by atoms with van der Waals surface area (Å²) in [5.74, 6) is -1.24. The highest BCUT2D eigenvalue weighted by Gasteiger charge is 2.30. The van der Waals surface area contributed by atoms with Crippen LogP contribution in [0.2, 0.25) is 0 Å². The van der Waals surface area contributed by atoms with Crippen LogP contribution < -0.4 is 5.32 Å². The number of nitrogens with one attached hydrogen (secondary N) is 1. The average Bonchev–Trinajstić information content (AvgIpc) is 2.88. The van der Waals surface area contributed by atoms with Gasteiger partial charge in [0, 0.05) is 18.8 Å². The first-order valence-electron chi connectivity index (χ1n) is 11.8. The zero-order chi connectivity index (χ0) is 25.0. The summed E-state index contributed by atoms with van der Waals surface area (Å²) in [5, 5.41) is 4.79. The van der Waals surface area contributed by atoms with Gasteiger partial charge in [-0.05, 0) is 60.9 Å². The van der Waals surface area contributed by atoms with E-state index < -0.39 is 28.0 Å². The van der Waals surface area contributed by atoms with Crippen molar-refractivity contribution >= 4 is 38.4 Å². The number of carbonyl (C=O) groups is 2. The number of nitrogens with zero attached hydrogens (tertiary/aromatic N) is 1. The SMILES string of the molecule is CC(OC(=O)c1cccc(S(=O)(=O)N(C)C2CCCCC2)c1)C(=O)Nc1ccc2ccccc2c1. The standard InChI is InChI=1S/C27H30N2O5S/c1-19(26(30)28-23-16-15-20-9-6-7-10-21(20)17-23)34-27(31)22-11-8-14-25(18-22)35(32,33)29(2)24-12-4-3-5-13-24/h6-11,14-19,24H,3-5,12-13H2,1-2H3,(H,28,30). The van der Waals surface area contributed by atoms with E-state index in [1.807, 2.05) is 36.4 Å². The van der Waals surface area contributed by atoms with Crippen LogP contribution in [0.25, 0.3) is 10.8 Å². The van der Waals surface area contributed by atoms with Crippen molar-refractivity contribution in [2.24, 2.45) is 0 Å². The van der Waals surface area contributed by atoms with Crippen molar-refractivity contribution < 1.29 is 22.7 Å². The molecular weight excluding hydrogens is 464 g/mol. The van der Waals surface area contributed by atoms with E-state index in [1.54, 1.807) is 13.1 Å². The zero-order valence-corrected chi connectivity index (χ0v) is 20.8. The molecule has 1 fully saturated rings. The van der Waals surface area contributed by atoms with Gasteiger partial charge in [-0.15, -0.1) is 0 Å². The maximum Gasteiger partial charge on any atom is 0.338 e. The Morgan fingerprint density at radius 1 is 0.943 bits per heavy atom. The molecule has 1 amide bonds. The fraction of sp³-hybridized carbons (Fsp3) is 0.333. The number of ether oxygens (including phenoxy) is 1. The third-order valence-corrected chi connectivity index (χ3v) is 8.41. The molecule has 1 unspecified atom stereocenters. The number of esters is 1. The molecule has 8 heteroatoms. The topological polar surface area (TPSA) is 92.8 Å². The molecule has 1 aliphatic carbocycles. The maximum absolute atomic E-state index is 13.1. The van der Waals surface area contributed by atoms with Gasteiger partial charge in [-0.1, -0.05) is 55.7 Å². The first kappa shape index (κ1) is 24.9. The number of benzene rings is 3. The number of rotatable bonds is 7. The van der Waals surface area contributed by atoms with Crippen LogP contribution in [0.4, 0.5) is 5.69 Å². The molecule has 0 aromatic heterocycles. The van der Waals surface area contributed by atoms with E-state index >= 15 is 0 Å². The zero-order valence-electron chi connectivity index (χ0n) is 19.9. The summed E-state index contributed by atoms with van der Waals surface area (Å²) in [7, 11) is -2.16. The largest absolute Gasteiger partial charge is 0.449 e. The van der Waals surface area contributed by atoms with Crippen molar-refractivity contribution in [3.05, 3.63) is 72.3 Å². The Balaban J connectivity index is 1.42. The van der Waals surface area contributed by atoms with Crippen molar-refractivity contribution in [2.45, 2.75) is 56.1 Å². The molecule has 7 nitrogen and oxygen atoms in total. The van der Waals surface area contributed by atoms with Gasteiger partial charge in [-0.2, -0.15) is 4.31 Å². The summed E-state index contributed by atoms with van der Waals surface area (Å²) in [6.07, 6.45) is 3.74. The summed E-state index contributed by atoms with van der Waals surface area (Å²) >= 11 is 0. The van der Waals surface area contributed by atoms with E-state index in [0.717, 1.165) is 42.9 Å². The maximum atomic E-state index is 13.1. The van der Waals surface area contributed by atoms with Crippen molar-refractivity contribution in [3.63, 3.8) is 0 Å². The third-order valence-electron chi connectivity index (χ3n) is 6.51. The van der Waals surface area contributed by atoms with Crippen LogP contribution in [-0.2, 0) is 19.6 Å². The molecule has 0 bridgehead atoms. The smallest absolute Gasteiger partial charge is 0.338 e. The number of hydrogen-bond donors (Lipinski definition) is 1. The number of hydrogen-bond acceptors (Lipinski definition) is 5. The Morgan fingerprint density at radius 2 is 1.66 bits per heavy atom.